The van der Waals surface area contributed by atoms with E-state index in [0.29, 0.717) is 19.4 Å². The number of carbonyl (C=O) groups excluding carboxylic acids is 3. The van der Waals surface area contributed by atoms with E-state index in [1.54, 1.807) is 0 Å². The molecule has 0 aliphatic rings. The van der Waals surface area contributed by atoms with Gasteiger partial charge in [0.15, 0.2) is 0 Å². The maximum absolute atomic E-state index is 12.5. The fourth-order valence-electron chi connectivity index (χ4n) is 2.50. The predicted molar refractivity (Wildman–Crippen MR) is 88.7 cm³/mol. The first-order valence-corrected chi connectivity index (χ1v) is 8.80. The van der Waals surface area contributed by atoms with Crippen molar-refractivity contribution in [3.8, 4) is 0 Å². The van der Waals surface area contributed by atoms with Crippen molar-refractivity contribution in [2.24, 2.45) is 5.41 Å². The Labute approximate surface area is 140 Å². The molecule has 23 heavy (non-hydrogen) atoms. The average molecular weight is 328 g/mol. The van der Waals surface area contributed by atoms with Crippen molar-refractivity contribution in [3.05, 3.63) is 0 Å². The van der Waals surface area contributed by atoms with Gasteiger partial charge in [0.25, 0.3) is 0 Å². The molecule has 0 rings (SSSR count). The predicted octanol–water partition coefficient (Wildman–Crippen LogP) is 4.18. The van der Waals surface area contributed by atoms with Crippen molar-refractivity contribution in [2.45, 2.75) is 85.5 Å². The first-order valence-electron chi connectivity index (χ1n) is 8.80. The van der Waals surface area contributed by atoms with Gasteiger partial charge in [-0.2, -0.15) is 0 Å². The Bertz CT molecular complexity index is 368. The lowest BCUT2D eigenvalue weighted by atomic mass is 9.75. The molecule has 0 spiro atoms. The van der Waals surface area contributed by atoms with Gasteiger partial charge in [-0.25, -0.2) is 0 Å². The average Bonchev–Trinajstić information content (AvgIpc) is 2.49. The highest BCUT2D eigenvalue weighted by Gasteiger charge is 2.42. The van der Waals surface area contributed by atoms with Crippen molar-refractivity contribution in [1.82, 2.24) is 0 Å². The van der Waals surface area contributed by atoms with E-state index in [1.807, 2.05) is 20.8 Å². The Morgan fingerprint density at radius 3 is 1.83 bits per heavy atom. The second-order valence-electron chi connectivity index (χ2n) is 6.12. The van der Waals surface area contributed by atoms with Gasteiger partial charge in [0.1, 0.15) is 0 Å². The first-order chi connectivity index (χ1) is 10.9. The molecule has 0 radical (unpaired) electrons. The molecule has 0 unspecified atom stereocenters. The SMILES string of the molecule is CCCCOC(=O)CC(CCCC)(CCCC)C(=O)OC(C)=O. The second-order valence-corrected chi connectivity index (χ2v) is 6.12. The van der Waals surface area contributed by atoms with Crippen LogP contribution >= 0.6 is 0 Å². The first kappa shape index (κ1) is 21.6. The summed E-state index contributed by atoms with van der Waals surface area (Å²) in [6.45, 7) is 7.66. The van der Waals surface area contributed by atoms with Crippen LogP contribution in [0.2, 0.25) is 0 Å². The van der Waals surface area contributed by atoms with Crippen LogP contribution in [0.1, 0.15) is 85.5 Å². The van der Waals surface area contributed by atoms with E-state index in [-0.39, 0.29) is 12.4 Å². The largest absolute Gasteiger partial charge is 0.466 e. The van der Waals surface area contributed by atoms with E-state index < -0.39 is 17.4 Å². The summed E-state index contributed by atoms with van der Waals surface area (Å²) in [4.78, 5) is 35.8. The lowest BCUT2D eigenvalue weighted by Gasteiger charge is -2.30. The molecule has 0 aliphatic carbocycles. The number of esters is 3. The van der Waals surface area contributed by atoms with Crippen LogP contribution in [0.5, 0.6) is 0 Å². The molecule has 0 fully saturated rings. The summed E-state index contributed by atoms with van der Waals surface area (Å²) < 4.78 is 10.1. The van der Waals surface area contributed by atoms with Crippen molar-refractivity contribution in [3.63, 3.8) is 0 Å². The summed E-state index contributed by atoms with van der Waals surface area (Å²) in [5.74, 6) is -1.60. The molecule has 0 bridgehead atoms. The standard InChI is InChI=1S/C18H32O5/c1-5-8-11-18(12-9-6-2,17(21)23-15(4)19)14-16(20)22-13-10-7-3/h5-14H2,1-4H3. The van der Waals surface area contributed by atoms with Gasteiger partial charge in [0.05, 0.1) is 18.4 Å². The fourth-order valence-corrected chi connectivity index (χ4v) is 2.50. The molecule has 0 saturated heterocycles. The Kier molecular flexibility index (Phi) is 11.4. The van der Waals surface area contributed by atoms with Crippen LogP contribution in [0.3, 0.4) is 0 Å². The Balaban J connectivity index is 5.12. The van der Waals surface area contributed by atoms with E-state index in [1.165, 1.54) is 6.92 Å². The van der Waals surface area contributed by atoms with Crippen molar-refractivity contribution >= 4 is 17.9 Å². The third-order valence-electron chi connectivity index (χ3n) is 3.93. The van der Waals surface area contributed by atoms with E-state index >= 15 is 0 Å². The highest BCUT2D eigenvalue weighted by molar-refractivity contribution is 5.90. The molecule has 0 N–H and O–H groups in total. The van der Waals surface area contributed by atoms with Gasteiger partial charge in [0, 0.05) is 6.92 Å². The fraction of sp³-hybridized carbons (Fsp3) is 0.833. The van der Waals surface area contributed by atoms with Gasteiger partial charge in [-0.3, -0.25) is 14.4 Å². The summed E-state index contributed by atoms with van der Waals surface area (Å²) in [7, 11) is 0. The highest BCUT2D eigenvalue weighted by Crippen LogP contribution is 2.37. The molecule has 0 aliphatic heterocycles. The summed E-state index contributed by atoms with van der Waals surface area (Å²) in [6, 6.07) is 0. The molecule has 0 atom stereocenters. The lowest BCUT2D eigenvalue weighted by Crippen LogP contribution is -2.37. The normalized spacial score (nSPS) is 11.1. The zero-order valence-corrected chi connectivity index (χ0v) is 15.1. The zero-order chi connectivity index (χ0) is 17.7. The number of hydrogen-bond donors (Lipinski definition) is 0. The van der Waals surface area contributed by atoms with E-state index in [2.05, 4.69) is 0 Å². The molecule has 134 valence electrons. The molecule has 0 aromatic rings. The maximum atomic E-state index is 12.5. The van der Waals surface area contributed by atoms with Crippen molar-refractivity contribution < 1.29 is 23.9 Å². The topological polar surface area (TPSA) is 69.7 Å². The van der Waals surface area contributed by atoms with Gasteiger partial charge in [-0.1, -0.05) is 52.9 Å². The van der Waals surface area contributed by atoms with Gasteiger partial charge < -0.3 is 9.47 Å². The van der Waals surface area contributed by atoms with Crippen LogP contribution in [0.15, 0.2) is 0 Å². The third-order valence-corrected chi connectivity index (χ3v) is 3.93. The third kappa shape index (κ3) is 8.72. The van der Waals surface area contributed by atoms with Crippen LogP contribution in [0.25, 0.3) is 0 Å². The molecule has 0 saturated carbocycles. The van der Waals surface area contributed by atoms with Gasteiger partial charge in [-0.15, -0.1) is 0 Å². The van der Waals surface area contributed by atoms with Crippen LogP contribution in [-0.2, 0) is 23.9 Å². The Morgan fingerprint density at radius 2 is 1.39 bits per heavy atom. The molecule has 5 heteroatoms. The molecular formula is C18H32O5. The minimum Gasteiger partial charge on any atom is -0.466 e. The second kappa shape index (κ2) is 12.1. The molecule has 0 aromatic heterocycles. The molecular weight excluding hydrogens is 296 g/mol. The zero-order valence-electron chi connectivity index (χ0n) is 15.1. The number of hydrogen-bond acceptors (Lipinski definition) is 5. The monoisotopic (exact) mass is 328 g/mol. The number of unbranched alkanes of at least 4 members (excludes halogenated alkanes) is 3. The summed E-state index contributed by atoms with van der Waals surface area (Å²) in [6.07, 6.45) is 6.24. The smallest absolute Gasteiger partial charge is 0.320 e. The number of carbonyl (C=O) groups is 3. The van der Waals surface area contributed by atoms with Crippen LogP contribution in [0, 0.1) is 5.41 Å². The van der Waals surface area contributed by atoms with Crippen LogP contribution < -0.4 is 0 Å². The van der Waals surface area contributed by atoms with Crippen molar-refractivity contribution in [2.75, 3.05) is 6.61 Å². The summed E-state index contributed by atoms with van der Waals surface area (Å²) >= 11 is 0. The van der Waals surface area contributed by atoms with E-state index in [4.69, 9.17) is 9.47 Å². The van der Waals surface area contributed by atoms with Gasteiger partial charge in [0.2, 0.25) is 0 Å². The molecule has 0 heterocycles. The molecule has 5 nitrogen and oxygen atoms in total. The highest BCUT2D eigenvalue weighted by atomic mass is 16.6. The van der Waals surface area contributed by atoms with Crippen molar-refractivity contribution in [1.29, 1.82) is 0 Å². The van der Waals surface area contributed by atoms with E-state index in [9.17, 15) is 14.4 Å². The minimum atomic E-state index is -0.943. The van der Waals surface area contributed by atoms with E-state index in [0.717, 1.165) is 38.5 Å². The lowest BCUT2D eigenvalue weighted by molar-refractivity contribution is -0.171. The quantitative estimate of drug-likeness (QED) is 0.305. The Morgan fingerprint density at radius 1 is 0.870 bits per heavy atom. The molecule has 0 amide bonds. The molecule has 0 aromatic carbocycles. The van der Waals surface area contributed by atoms with Crippen LogP contribution in [0.4, 0.5) is 0 Å². The number of rotatable bonds is 12. The van der Waals surface area contributed by atoms with Gasteiger partial charge >= 0.3 is 17.9 Å². The Hall–Kier alpha value is -1.39. The maximum Gasteiger partial charge on any atom is 0.320 e. The minimum absolute atomic E-state index is 0.0111. The van der Waals surface area contributed by atoms with Gasteiger partial charge in [-0.05, 0) is 19.3 Å². The summed E-state index contributed by atoms with van der Waals surface area (Å²) in [5, 5.41) is 0. The summed E-state index contributed by atoms with van der Waals surface area (Å²) in [5.41, 5.74) is -0.943. The van der Waals surface area contributed by atoms with Crippen LogP contribution in [-0.4, -0.2) is 24.5 Å². The number of ether oxygens (including phenoxy) is 2.